The molecule has 0 rings (SSSR count). The first-order valence-corrected chi connectivity index (χ1v) is 4.18. The van der Waals surface area contributed by atoms with E-state index in [0.29, 0.717) is 6.29 Å². The van der Waals surface area contributed by atoms with Crippen LogP contribution in [0, 0.1) is 5.92 Å². The molecule has 0 aromatic rings. The van der Waals surface area contributed by atoms with E-state index >= 15 is 0 Å². The van der Waals surface area contributed by atoms with Crippen molar-refractivity contribution in [3.63, 3.8) is 0 Å². The van der Waals surface area contributed by atoms with Crippen LogP contribution in [0.15, 0.2) is 0 Å². The van der Waals surface area contributed by atoms with E-state index < -0.39 is 6.04 Å². The van der Waals surface area contributed by atoms with Gasteiger partial charge in [-0.15, -0.1) is 0 Å². The van der Waals surface area contributed by atoms with E-state index in [9.17, 15) is 9.59 Å². The number of carbonyl (C=O) groups is 2. The number of aldehydes is 2. The number of hydrogen-bond acceptors (Lipinski definition) is 5. The van der Waals surface area contributed by atoms with Gasteiger partial charge < -0.3 is 14.7 Å². The molecule has 76 valence electrons. The maximum absolute atomic E-state index is 10.5. The van der Waals surface area contributed by atoms with Crippen molar-refractivity contribution >= 4 is 12.6 Å². The molecule has 0 fully saturated rings. The van der Waals surface area contributed by atoms with E-state index in [1.807, 2.05) is 13.8 Å². The highest BCUT2D eigenvalue weighted by molar-refractivity contribution is 5.59. The first kappa shape index (κ1) is 12.2. The Bertz CT molecular complexity index is 161. The second kappa shape index (κ2) is 6.71. The number of hydrazine groups is 1. The summed E-state index contributed by atoms with van der Waals surface area (Å²) in [6.45, 7) is 3.46. The van der Waals surface area contributed by atoms with Gasteiger partial charge in [-0.3, -0.25) is 0 Å². The molecule has 0 aromatic carbocycles. The first-order valence-electron chi connectivity index (χ1n) is 4.18. The Balaban J connectivity index is 3.82. The standard InChI is InChI=1S/C8H16N2O3/c1-6(2)8(5-13)10-9-7(3-11)4-12/h3,5-10,12H,4H2,1-2H3/t7-,8-/m1/s1. The maximum atomic E-state index is 10.5. The van der Waals surface area contributed by atoms with Crippen molar-refractivity contribution < 1.29 is 14.7 Å². The molecule has 0 aliphatic heterocycles. The van der Waals surface area contributed by atoms with E-state index in [2.05, 4.69) is 10.9 Å². The number of aliphatic hydroxyl groups is 1. The summed E-state index contributed by atoms with van der Waals surface area (Å²) >= 11 is 0. The fourth-order valence-electron chi connectivity index (χ4n) is 0.684. The fraction of sp³-hybridized carbons (Fsp3) is 0.750. The Morgan fingerprint density at radius 2 is 1.85 bits per heavy atom. The van der Waals surface area contributed by atoms with Gasteiger partial charge in [-0.25, -0.2) is 10.9 Å². The second-order valence-electron chi connectivity index (χ2n) is 3.12. The predicted molar refractivity (Wildman–Crippen MR) is 47.9 cm³/mol. The molecule has 0 radical (unpaired) electrons. The van der Waals surface area contributed by atoms with Crippen LogP contribution < -0.4 is 10.9 Å². The lowest BCUT2D eigenvalue weighted by Crippen LogP contribution is -2.51. The summed E-state index contributed by atoms with van der Waals surface area (Å²) in [5, 5.41) is 8.63. The van der Waals surface area contributed by atoms with Crippen molar-refractivity contribution in [2.24, 2.45) is 5.92 Å². The van der Waals surface area contributed by atoms with Gasteiger partial charge in [-0.05, 0) is 5.92 Å². The number of nitrogens with one attached hydrogen (secondary N) is 2. The zero-order valence-corrected chi connectivity index (χ0v) is 7.86. The van der Waals surface area contributed by atoms with Crippen molar-refractivity contribution in [3.05, 3.63) is 0 Å². The van der Waals surface area contributed by atoms with Crippen molar-refractivity contribution in [1.82, 2.24) is 10.9 Å². The van der Waals surface area contributed by atoms with Crippen LogP contribution in [0.5, 0.6) is 0 Å². The smallest absolute Gasteiger partial charge is 0.140 e. The molecule has 0 amide bonds. The monoisotopic (exact) mass is 188 g/mol. The van der Waals surface area contributed by atoms with Gasteiger partial charge in [0.05, 0.1) is 18.7 Å². The molecular weight excluding hydrogens is 172 g/mol. The molecule has 0 bridgehead atoms. The molecule has 0 aromatic heterocycles. The van der Waals surface area contributed by atoms with Crippen LogP contribution in [0.3, 0.4) is 0 Å². The van der Waals surface area contributed by atoms with Gasteiger partial charge in [0, 0.05) is 0 Å². The van der Waals surface area contributed by atoms with Gasteiger partial charge in [0.1, 0.15) is 12.6 Å². The van der Waals surface area contributed by atoms with Gasteiger partial charge >= 0.3 is 0 Å². The molecule has 0 aliphatic carbocycles. The third-order valence-corrected chi connectivity index (χ3v) is 1.66. The molecule has 0 unspecified atom stereocenters. The molecule has 0 spiro atoms. The maximum Gasteiger partial charge on any atom is 0.140 e. The number of aliphatic hydroxyl groups excluding tert-OH is 1. The summed E-state index contributed by atoms with van der Waals surface area (Å²) in [5.41, 5.74) is 5.21. The molecule has 5 heteroatoms. The lowest BCUT2D eigenvalue weighted by molar-refractivity contribution is -0.113. The highest BCUT2D eigenvalue weighted by Gasteiger charge is 2.12. The summed E-state index contributed by atoms with van der Waals surface area (Å²) < 4.78 is 0. The van der Waals surface area contributed by atoms with Crippen molar-refractivity contribution in [1.29, 1.82) is 0 Å². The Morgan fingerprint density at radius 3 is 2.15 bits per heavy atom. The summed E-state index contributed by atoms with van der Waals surface area (Å²) in [6.07, 6.45) is 1.34. The highest BCUT2D eigenvalue weighted by Crippen LogP contribution is 1.96. The van der Waals surface area contributed by atoms with Crippen LogP contribution in [0.4, 0.5) is 0 Å². The lowest BCUT2D eigenvalue weighted by Gasteiger charge is -2.18. The Hall–Kier alpha value is -0.780. The van der Waals surface area contributed by atoms with Crippen LogP contribution in [0.1, 0.15) is 13.8 Å². The van der Waals surface area contributed by atoms with Gasteiger partial charge in [-0.1, -0.05) is 13.8 Å². The van der Waals surface area contributed by atoms with E-state index in [4.69, 9.17) is 5.11 Å². The molecular formula is C8H16N2O3. The van der Waals surface area contributed by atoms with E-state index in [1.54, 1.807) is 0 Å². The van der Waals surface area contributed by atoms with E-state index in [0.717, 1.165) is 6.29 Å². The zero-order valence-electron chi connectivity index (χ0n) is 7.86. The Kier molecular flexibility index (Phi) is 6.30. The van der Waals surface area contributed by atoms with Gasteiger partial charge in [0.2, 0.25) is 0 Å². The fourth-order valence-corrected chi connectivity index (χ4v) is 0.684. The largest absolute Gasteiger partial charge is 0.394 e. The Labute approximate surface area is 77.5 Å². The molecule has 5 nitrogen and oxygen atoms in total. The normalized spacial score (nSPS) is 15.4. The van der Waals surface area contributed by atoms with Crippen molar-refractivity contribution in [2.45, 2.75) is 25.9 Å². The SMILES string of the molecule is CC(C)[C@@H](C=O)NN[C@H](C=O)CO. The highest BCUT2D eigenvalue weighted by atomic mass is 16.3. The zero-order chi connectivity index (χ0) is 10.3. The molecule has 13 heavy (non-hydrogen) atoms. The van der Waals surface area contributed by atoms with Crippen molar-refractivity contribution in [3.8, 4) is 0 Å². The summed E-state index contributed by atoms with van der Waals surface area (Å²) in [5.74, 6) is 0.135. The van der Waals surface area contributed by atoms with Gasteiger partial charge in [0.25, 0.3) is 0 Å². The predicted octanol–water partition coefficient (Wildman–Crippen LogP) is -1.14. The van der Waals surface area contributed by atoms with E-state index in [1.165, 1.54) is 0 Å². The van der Waals surface area contributed by atoms with Crippen LogP contribution in [-0.4, -0.2) is 36.4 Å². The Morgan fingerprint density at radius 1 is 1.23 bits per heavy atom. The minimum absolute atomic E-state index is 0.135. The summed E-state index contributed by atoms with van der Waals surface area (Å²) in [4.78, 5) is 20.7. The summed E-state index contributed by atoms with van der Waals surface area (Å²) in [7, 11) is 0. The van der Waals surface area contributed by atoms with Crippen molar-refractivity contribution in [2.75, 3.05) is 6.61 Å². The van der Waals surface area contributed by atoms with E-state index in [-0.39, 0.29) is 18.6 Å². The number of carbonyl (C=O) groups excluding carboxylic acids is 2. The number of rotatable bonds is 7. The minimum atomic E-state index is -0.666. The van der Waals surface area contributed by atoms with Crippen LogP contribution >= 0.6 is 0 Å². The molecule has 0 aliphatic rings. The minimum Gasteiger partial charge on any atom is -0.394 e. The summed E-state index contributed by atoms with van der Waals surface area (Å²) in [6, 6.07) is -1.02. The average molecular weight is 188 g/mol. The molecule has 3 N–H and O–H groups in total. The molecule has 0 heterocycles. The lowest BCUT2D eigenvalue weighted by atomic mass is 10.1. The average Bonchev–Trinajstić information content (AvgIpc) is 2.12. The molecule has 0 saturated heterocycles. The third kappa shape index (κ3) is 4.72. The van der Waals surface area contributed by atoms with Crippen LogP contribution in [-0.2, 0) is 9.59 Å². The number of hydrogen-bond donors (Lipinski definition) is 3. The topological polar surface area (TPSA) is 78.4 Å². The molecule has 0 saturated carbocycles. The van der Waals surface area contributed by atoms with Gasteiger partial charge in [-0.2, -0.15) is 0 Å². The van der Waals surface area contributed by atoms with Crippen LogP contribution in [0.25, 0.3) is 0 Å². The second-order valence-corrected chi connectivity index (χ2v) is 3.12. The van der Waals surface area contributed by atoms with Crippen LogP contribution in [0.2, 0.25) is 0 Å². The quantitative estimate of drug-likeness (QED) is 0.348. The third-order valence-electron chi connectivity index (χ3n) is 1.66. The first-order chi connectivity index (χ1) is 6.15. The molecule has 2 atom stereocenters. The van der Waals surface area contributed by atoms with Gasteiger partial charge in [0.15, 0.2) is 0 Å².